The Hall–Kier alpha value is -1.81. The van der Waals surface area contributed by atoms with Gasteiger partial charge in [-0.2, -0.15) is 0 Å². The fraction of sp³-hybridized carbons (Fsp3) is 0.200. The van der Waals surface area contributed by atoms with Crippen LogP contribution in [0.2, 0.25) is 0 Å². The fourth-order valence-corrected chi connectivity index (χ4v) is 3.41. The molecular weight excluding hydrogens is 258 g/mol. The Bertz CT molecular complexity index is 736. The molecule has 0 saturated heterocycles. The van der Waals surface area contributed by atoms with Gasteiger partial charge in [0, 0.05) is 24.1 Å². The van der Waals surface area contributed by atoms with E-state index in [9.17, 15) is 8.42 Å². The molecule has 3 nitrogen and oxygen atoms in total. The van der Waals surface area contributed by atoms with Gasteiger partial charge in [-0.3, -0.25) is 0 Å². The van der Waals surface area contributed by atoms with Crippen molar-refractivity contribution in [2.45, 2.75) is 11.3 Å². The van der Waals surface area contributed by atoms with E-state index in [4.69, 9.17) is 0 Å². The van der Waals surface area contributed by atoms with E-state index >= 15 is 0 Å². The monoisotopic (exact) mass is 273 g/mol. The van der Waals surface area contributed by atoms with Crippen molar-refractivity contribution < 1.29 is 8.42 Å². The third-order valence-electron chi connectivity index (χ3n) is 3.41. The third kappa shape index (κ3) is 2.24. The van der Waals surface area contributed by atoms with Crippen LogP contribution in [-0.2, 0) is 16.3 Å². The second-order valence-corrected chi connectivity index (χ2v) is 6.80. The first-order valence-corrected chi connectivity index (χ1v) is 8.11. The van der Waals surface area contributed by atoms with E-state index in [2.05, 4.69) is 11.4 Å². The first kappa shape index (κ1) is 12.2. The minimum atomic E-state index is -3.21. The summed E-state index contributed by atoms with van der Waals surface area (Å²) in [6.45, 7) is 0.951. The van der Waals surface area contributed by atoms with Gasteiger partial charge in [-0.25, -0.2) is 8.42 Å². The average molecular weight is 273 g/mol. The molecule has 19 heavy (non-hydrogen) atoms. The lowest BCUT2D eigenvalue weighted by molar-refractivity contribution is 0.602. The van der Waals surface area contributed by atoms with Crippen molar-refractivity contribution in [2.24, 2.45) is 0 Å². The Labute approximate surface area is 113 Å². The number of sulfone groups is 1. The molecule has 4 heteroatoms. The van der Waals surface area contributed by atoms with E-state index in [-0.39, 0.29) is 0 Å². The summed E-state index contributed by atoms with van der Waals surface area (Å²) in [5.74, 6) is 0. The van der Waals surface area contributed by atoms with Crippen molar-refractivity contribution >= 4 is 15.5 Å². The summed E-state index contributed by atoms with van der Waals surface area (Å²) < 4.78 is 23.7. The molecule has 0 amide bonds. The van der Waals surface area contributed by atoms with E-state index in [0.717, 1.165) is 29.8 Å². The van der Waals surface area contributed by atoms with Gasteiger partial charge >= 0.3 is 0 Å². The van der Waals surface area contributed by atoms with Crippen LogP contribution in [0.5, 0.6) is 0 Å². The van der Waals surface area contributed by atoms with Crippen molar-refractivity contribution in [1.29, 1.82) is 0 Å². The number of nitrogens with one attached hydrogen (secondary N) is 1. The summed E-state index contributed by atoms with van der Waals surface area (Å²) in [6, 6.07) is 13.2. The van der Waals surface area contributed by atoms with Crippen LogP contribution in [-0.4, -0.2) is 21.2 Å². The summed E-state index contributed by atoms with van der Waals surface area (Å²) in [5, 5.41) is 3.31. The topological polar surface area (TPSA) is 46.2 Å². The largest absolute Gasteiger partial charge is 0.384 e. The highest BCUT2D eigenvalue weighted by atomic mass is 32.2. The van der Waals surface area contributed by atoms with Gasteiger partial charge in [0.15, 0.2) is 9.84 Å². The zero-order valence-corrected chi connectivity index (χ0v) is 11.5. The lowest BCUT2D eigenvalue weighted by atomic mass is 10.0. The highest BCUT2D eigenvalue weighted by Gasteiger charge is 2.16. The van der Waals surface area contributed by atoms with Crippen molar-refractivity contribution in [1.82, 2.24) is 0 Å². The molecule has 2 aromatic rings. The Morgan fingerprint density at radius 2 is 1.89 bits per heavy atom. The Morgan fingerprint density at radius 3 is 2.68 bits per heavy atom. The molecule has 3 rings (SSSR count). The molecule has 0 saturated carbocycles. The number of fused-ring (bicyclic) bond motifs is 1. The molecule has 2 aromatic carbocycles. The minimum absolute atomic E-state index is 0.390. The minimum Gasteiger partial charge on any atom is -0.384 e. The normalized spacial score (nSPS) is 13.9. The van der Waals surface area contributed by atoms with Gasteiger partial charge in [0.05, 0.1) is 4.90 Å². The Kier molecular flexibility index (Phi) is 2.82. The van der Waals surface area contributed by atoms with Gasteiger partial charge in [-0.05, 0) is 35.7 Å². The standard InChI is InChI=1S/C15H15NO2S/c1-19(17,18)15-5-3-2-4-13(15)11-6-7-14-12(10-11)8-9-16-14/h2-7,10,16H,8-9H2,1H3. The molecule has 0 aliphatic carbocycles. The third-order valence-corrected chi connectivity index (χ3v) is 4.57. The van der Waals surface area contributed by atoms with Crippen LogP contribution < -0.4 is 5.32 Å². The summed E-state index contributed by atoms with van der Waals surface area (Å²) in [5.41, 5.74) is 4.14. The van der Waals surface area contributed by atoms with Crippen molar-refractivity contribution in [3.63, 3.8) is 0 Å². The molecule has 1 aliphatic heterocycles. The molecule has 0 unspecified atom stereocenters. The number of hydrogen-bond acceptors (Lipinski definition) is 3. The van der Waals surface area contributed by atoms with Gasteiger partial charge in [0.25, 0.3) is 0 Å². The molecule has 0 aromatic heterocycles. The predicted molar refractivity (Wildman–Crippen MR) is 77.2 cm³/mol. The van der Waals surface area contributed by atoms with Crippen LogP contribution in [0, 0.1) is 0 Å². The second-order valence-electron chi connectivity index (χ2n) is 4.82. The van der Waals surface area contributed by atoms with Crippen LogP contribution in [0.25, 0.3) is 11.1 Å². The van der Waals surface area contributed by atoms with Crippen LogP contribution in [0.3, 0.4) is 0 Å². The molecule has 0 spiro atoms. The molecule has 1 heterocycles. The fourth-order valence-electron chi connectivity index (χ4n) is 2.50. The van der Waals surface area contributed by atoms with E-state index in [1.165, 1.54) is 11.8 Å². The molecule has 0 atom stereocenters. The number of rotatable bonds is 2. The van der Waals surface area contributed by atoms with Crippen molar-refractivity contribution in [2.75, 3.05) is 18.1 Å². The lowest BCUT2D eigenvalue weighted by Gasteiger charge is -2.09. The van der Waals surface area contributed by atoms with Crippen LogP contribution >= 0.6 is 0 Å². The second kappa shape index (κ2) is 4.38. The maximum Gasteiger partial charge on any atom is 0.176 e. The van der Waals surface area contributed by atoms with Gasteiger partial charge in [0.1, 0.15) is 0 Å². The van der Waals surface area contributed by atoms with E-state index in [1.807, 2.05) is 24.3 Å². The van der Waals surface area contributed by atoms with Crippen molar-refractivity contribution in [3.8, 4) is 11.1 Å². The van der Waals surface area contributed by atoms with Gasteiger partial charge in [-0.15, -0.1) is 0 Å². The van der Waals surface area contributed by atoms with Gasteiger partial charge in [-0.1, -0.05) is 24.3 Å². The molecule has 0 radical (unpaired) electrons. The molecule has 98 valence electrons. The van der Waals surface area contributed by atoms with E-state index in [0.29, 0.717) is 4.90 Å². The van der Waals surface area contributed by atoms with Gasteiger partial charge in [0.2, 0.25) is 0 Å². The highest BCUT2D eigenvalue weighted by molar-refractivity contribution is 7.90. The smallest absolute Gasteiger partial charge is 0.176 e. The zero-order chi connectivity index (χ0) is 13.5. The summed E-state index contributed by atoms with van der Waals surface area (Å²) in [4.78, 5) is 0.390. The maximum absolute atomic E-state index is 11.8. The van der Waals surface area contributed by atoms with Crippen LogP contribution in [0.15, 0.2) is 47.4 Å². The molecule has 1 N–H and O–H groups in total. The van der Waals surface area contributed by atoms with Crippen LogP contribution in [0.1, 0.15) is 5.56 Å². The number of anilines is 1. The molecular formula is C15H15NO2S. The average Bonchev–Trinajstić information content (AvgIpc) is 2.85. The van der Waals surface area contributed by atoms with E-state index < -0.39 is 9.84 Å². The summed E-state index contributed by atoms with van der Waals surface area (Å²) in [7, 11) is -3.21. The number of hydrogen-bond donors (Lipinski definition) is 1. The summed E-state index contributed by atoms with van der Waals surface area (Å²) in [6.07, 6.45) is 2.24. The van der Waals surface area contributed by atoms with Crippen molar-refractivity contribution in [3.05, 3.63) is 48.0 Å². The molecule has 0 bridgehead atoms. The predicted octanol–water partition coefficient (Wildman–Crippen LogP) is 2.73. The highest BCUT2D eigenvalue weighted by Crippen LogP contribution is 2.32. The van der Waals surface area contributed by atoms with Gasteiger partial charge < -0.3 is 5.32 Å². The lowest BCUT2D eigenvalue weighted by Crippen LogP contribution is -1.99. The van der Waals surface area contributed by atoms with Crippen LogP contribution in [0.4, 0.5) is 5.69 Å². The molecule has 1 aliphatic rings. The molecule has 0 fully saturated rings. The summed E-state index contributed by atoms with van der Waals surface area (Å²) >= 11 is 0. The Morgan fingerprint density at radius 1 is 1.11 bits per heavy atom. The Balaban J connectivity index is 2.18. The van der Waals surface area contributed by atoms with E-state index in [1.54, 1.807) is 12.1 Å². The zero-order valence-electron chi connectivity index (χ0n) is 10.7. The first-order valence-electron chi connectivity index (χ1n) is 6.22. The first-order chi connectivity index (χ1) is 9.05. The maximum atomic E-state index is 11.8. The number of benzene rings is 2. The SMILES string of the molecule is CS(=O)(=O)c1ccccc1-c1ccc2c(c1)CCN2. The quantitative estimate of drug-likeness (QED) is 0.915.